The molecule has 0 amide bonds. The van der Waals surface area contributed by atoms with Gasteiger partial charge >= 0.3 is 0 Å². The molecule has 0 radical (unpaired) electrons. The Balaban J connectivity index is 1.93. The van der Waals surface area contributed by atoms with Gasteiger partial charge in [-0.3, -0.25) is 0 Å². The lowest BCUT2D eigenvalue weighted by Crippen LogP contribution is -2.40. The first-order valence-corrected chi connectivity index (χ1v) is 11.9. The van der Waals surface area contributed by atoms with E-state index >= 15 is 0 Å². The number of hydrogen-bond acceptors (Lipinski definition) is 4. The Morgan fingerprint density at radius 3 is 2.42 bits per heavy atom. The van der Waals surface area contributed by atoms with Crippen LogP contribution in [0.2, 0.25) is 0 Å². The summed E-state index contributed by atoms with van der Waals surface area (Å²) in [6.07, 6.45) is 0. The lowest BCUT2D eigenvalue weighted by molar-refractivity contribution is 0.0931. The normalized spacial score (nSPS) is 13.3. The fourth-order valence-electron chi connectivity index (χ4n) is 2.87. The van der Waals surface area contributed by atoms with Crippen molar-refractivity contribution in [1.29, 1.82) is 0 Å². The Bertz CT molecular complexity index is 931. The molecule has 2 N–H and O–H groups in total. The molecule has 0 aromatic heterocycles. The first kappa shape index (κ1) is 24.8. The number of sulfonamides is 1. The average Bonchev–Trinajstić information content (AvgIpc) is 2.76. The molecule has 170 valence electrons. The number of hydrogen-bond donors (Lipinski definition) is 2. The molecule has 0 heterocycles. The van der Waals surface area contributed by atoms with Crippen LogP contribution in [0.4, 0.5) is 0 Å². The first-order valence-electron chi connectivity index (χ1n) is 10.5. The number of benzene rings is 2. The summed E-state index contributed by atoms with van der Waals surface area (Å²) in [6.45, 7) is 6.99. The van der Waals surface area contributed by atoms with Crippen LogP contribution in [0.25, 0.3) is 0 Å². The first-order chi connectivity index (χ1) is 14.8. The number of nitrogens with zero attached hydrogens (tertiary/aromatic N) is 2. The topological polar surface area (TPSA) is 83.0 Å². The highest BCUT2D eigenvalue weighted by molar-refractivity contribution is 7.89. The van der Waals surface area contributed by atoms with Gasteiger partial charge in [-0.05, 0) is 30.0 Å². The number of nitrogens with one attached hydrogen (secondary N) is 2. The molecular weight excluding hydrogens is 412 g/mol. The molecular formula is C23H34N4O3S. The number of guanidine groups is 1. The van der Waals surface area contributed by atoms with Gasteiger partial charge in [0, 0.05) is 27.2 Å². The number of rotatable bonds is 11. The van der Waals surface area contributed by atoms with Crippen LogP contribution in [0.15, 0.2) is 64.5 Å². The molecule has 31 heavy (non-hydrogen) atoms. The SMILES string of the molecule is CCNC(=NCc1ccccc1S(=O)(=O)N(C)C)NCC(C)COCc1ccccc1. The van der Waals surface area contributed by atoms with Crippen molar-refractivity contribution in [3.05, 3.63) is 65.7 Å². The molecule has 0 aliphatic heterocycles. The van der Waals surface area contributed by atoms with Crippen molar-refractivity contribution in [1.82, 2.24) is 14.9 Å². The van der Waals surface area contributed by atoms with E-state index < -0.39 is 10.0 Å². The maximum atomic E-state index is 12.6. The third kappa shape index (κ3) is 7.97. The van der Waals surface area contributed by atoms with E-state index in [0.717, 1.165) is 5.56 Å². The largest absolute Gasteiger partial charge is 0.376 e. The van der Waals surface area contributed by atoms with Crippen molar-refractivity contribution in [3.63, 3.8) is 0 Å². The monoisotopic (exact) mass is 446 g/mol. The molecule has 0 spiro atoms. The summed E-state index contributed by atoms with van der Waals surface area (Å²) in [6, 6.07) is 17.1. The van der Waals surface area contributed by atoms with Gasteiger partial charge in [-0.25, -0.2) is 17.7 Å². The molecule has 2 aromatic rings. The van der Waals surface area contributed by atoms with Crippen molar-refractivity contribution in [2.24, 2.45) is 10.9 Å². The van der Waals surface area contributed by atoms with Crippen molar-refractivity contribution in [2.75, 3.05) is 33.8 Å². The van der Waals surface area contributed by atoms with Crippen LogP contribution in [0.1, 0.15) is 25.0 Å². The molecule has 1 unspecified atom stereocenters. The molecule has 0 bridgehead atoms. The lowest BCUT2D eigenvalue weighted by atomic mass is 10.2. The van der Waals surface area contributed by atoms with Crippen molar-refractivity contribution >= 4 is 16.0 Å². The third-order valence-corrected chi connectivity index (χ3v) is 6.53. The van der Waals surface area contributed by atoms with Gasteiger partial charge in [0.15, 0.2) is 5.96 Å². The second-order valence-corrected chi connectivity index (χ2v) is 9.70. The predicted octanol–water partition coefficient (Wildman–Crippen LogP) is 2.84. The van der Waals surface area contributed by atoms with Gasteiger partial charge in [0.25, 0.3) is 0 Å². The van der Waals surface area contributed by atoms with Crippen LogP contribution in [0, 0.1) is 5.92 Å². The zero-order valence-electron chi connectivity index (χ0n) is 18.8. The summed E-state index contributed by atoms with van der Waals surface area (Å²) in [5.74, 6) is 0.934. The summed E-state index contributed by atoms with van der Waals surface area (Å²) >= 11 is 0. The van der Waals surface area contributed by atoms with Gasteiger partial charge < -0.3 is 15.4 Å². The van der Waals surface area contributed by atoms with Crippen LogP contribution < -0.4 is 10.6 Å². The highest BCUT2D eigenvalue weighted by atomic mass is 32.2. The second kappa shape index (κ2) is 12.4. The predicted molar refractivity (Wildman–Crippen MR) is 125 cm³/mol. The van der Waals surface area contributed by atoms with Gasteiger partial charge in [0.05, 0.1) is 24.7 Å². The van der Waals surface area contributed by atoms with Crippen LogP contribution in [-0.2, 0) is 27.9 Å². The van der Waals surface area contributed by atoms with E-state index in [2.05, 4.69) is 22.5 Å². The average molecular weight is 447 g/mol. The lowest BCUT2D eigenvalue weighted by Gasteiger charge is -2.17. The molecule has 0 fully saturated rings. The summed E-state index contributed by atoms with van der Waals surface area (Å²) < 4.78 is 32.2. The standard InChI is InChI=1S/C23H34N4O3S/c1-5-24-23(25-15-19(2)17-30-18-20-11-7-6-8-12-20)26-16-21-13-9-10-14-22(21)31(28,29)27(3)4/h6-14,19H,5,15-18H2,1-4H3,(H2,24,25,26). The molecule has 0 saturated heterocycles. The maximum absolute atomic E-state index is 12.6. The van der Waals surface area contributed by atoms with Gasteiger partial charge in [0.1, 0.15) is 0 Å². The zero-order chi connectivity index (χ0) is 22.7. The smallest absolute Gasteiger partial charge is 0.242 e. The van der Waals surface area contributed by atoms with Gasteiger partial charge in [-0.1, -0.05) is 55.5 Å². The number of ether oxygens (including phenoxy) is 1. The molecule has 2 rings (SSSR count). The van der Waals surface area contributed by atoms with Gasteiger partial charge in [-0.2, -0.15) is 0 Å². The minimum absolute atomic E-state index is 0.261. The summed E-state index contributed by atoms with van der Waals surface area (Å²) in [7, 11) is -0.460. The Labute approximate surface area is 186 Å². The minimum atomic E-state index is -3.52. The van der Waals surface area contributed by atoms with E-state index in [0.29, 0.717) is 37.8 Å². The van der Waals surface area contributed by atoms with Crippen molar-refractivity contribution in [3.8, 4) is 0 Å². The van der Waals surface area contributed by atoms with Crippen LogP contribution >= 0.6 is 0 Å². The summed E-state index contributed by atoms with van der Waals surface area (Å²) in [5, 5.41) is 6.53. The summed E-state index contributed by atoms with van der Waals surface area (Å²) in [5.41, 5.74) is 1.82. The minimum Gasteiger partial charge on any atom is -0.376 e. The highest BCUT2D eigenvalue weighted by Crippen LogP contribution is 2.19. The number of aliphatic imine (C=N–C) groups is 1. The van der Waals surface area contributed by atoms with Crippen LogP contribution in [-0.4, -0.2) is 52.5 Å². The molecule has 0 saturated carbocycles. The molecule has 8 heteroatoms. The molecule has 2 aromatic carbocycles. The Morgan fingerprint density at radius 1 is 1.06 bits per heavy atom. The van der Waals surface area contributed by atoms with E-state index in [1.165, 1.54) is 18.4 Å². The Kier molecular flexibility index (Phi) is 9.97. The highest BCUT2D eigenvalue weighted by Gasteiger charge is 2.20. The maximum Gasteiger partial charge on any atom is 0.242 e. The van der Waals surface area contributed by atoms with Gasteiger partial charge in [0.2, 0.25) is 10.0 Å². The van der Waals surface area contributed by atoms with Gasteiger partial charge in [-0.15, -0.1) is 0 Å². The van der Waals surface area contributed by atoms with E-state index in [1.807, 2.05) is 43.3 Å². The zero-order valence-corrected chi connectivity index (χ0v) is 19.7. The fraction of sp³-hybridized carbons (Fsp3) is 0.435. The molecule has 1 atom stereocenters. The molecule has 0 aliphatic rings. The molecule has 0 aliphatic carbocycles. The third-order valence-electron chi connectivity index (χ3n) is 4.61. The van der Waals surface area contributed by atoms with Crippen molar-refractivity contribution in [2.45, 2.75) is 31.9 Å². The van der Waals surface area contributed by atoms with E-state index in [9.17, 15) is 8.42 Å². The van der Waals surface area contributed by atoms with E-state index in [-0.39, 0.29) is 17.4 Å². The van der Waals surface area contributed by atoms with Crippen molar-refractivity contribution < 1.29 is 13.2 Å². The summed E-state index contributed by atoms with van der Waals surface area (Å²) in [4.78, 5) is 4.87. The van der Waals surface area contributed by atoms with E-state index in [4.69, 9.17) is 4.74 Å². The Morgan fingerprint density at radius 2 is 1.74 bits per heavy atom. The van der Waals surface area contributed by atoms with Crippen LogP contribution in [0.5, 0.6) is 0 Å². The Hall–Kier alpha value is -2.42. The quantitative estimate of drug-likeness (QED) is 0.410. The molecule has 7 nitrogen and oxygen atoms in total. The fourth-order valence-corrected chi connectivity index (χ4v) is 3.98. The van der Waals surface area contributed by atoms with E-state index in [1.54, 1.807) is 18.2 Å². The second-order valence-electron chi connectivity index (χ2n) is 7.58. The van der Waals surface area contributed by atoms with Crippen LogP contribution in [0.3, 0.4) is 0 Å².